The summed E-state index contributed by atoms with van der Waals surface area (Å²) in [4.78, 5) is 23.5. The fourth-order valence-electron chi connectivity index (χ4n) is 2.83. The van der Waals surface area contributed by atoms with Gasteiger partial charge in [-0.05, 0) is 43.7 Å². The molecule has 114 valence electrons. The third kappa shape index (κ3) is 4.31. The smallest absolute Gasteiger partial charge is 0.305 e. The van der Waals surface area contributed by atoms with Crippen molar-refractivity contribution in [2.24, 2.45) is 0 Å². The first kappa shape index (κ1) is 15.5. The molecule has 1 aliphatic carbocycles. The van der Waals surface area contributed by atoms with E-state index in [1.54, 1.807) is 6.92 Å². The molecule has 1 aromatic rings. The van der Waals surface area contributed by atoms with Crippen LogP contribution in [0.3, 0.4) is 0 Å². The van der Waals surface area contributed by atoms with E-state index in [0.29, 0.717) is 26.0 Å². The third-order valence-corrected chi connectivity index (χ3v) is 3.85. The number of carbonyl (C=O) groups excluding carboxylic acids is 2. The number of carbonyl (C=O) groups is 2. The number of esters is 1. The SMILES string of the molecule is CCOC(=O)CCCNC(=O)C1CCCc2ccccc21. The van der Waals surface area contributed by atoms with E-state index in [-0.39, 0.29) is 17.8 Å². The minimum absolute atomic E-state index is 0.0439. The van der Waals surface area contributed by atoms with Crippen molar-refractivity contribution in [3.8, 4) is 0 Å². The van der Waals surface area contributed by atoms with Crippen molar-refractivity contribution in [1.82, 2.24) is 5.32 Å². The number of fused-ring (bicyclic) bond motifs is 1. The highest BCUT2D eigenvalue weighted by Crippen LogP contribution is 2.31. The summed E-state index contributed by atoms with van der Waals surface area (Å²) in [6.45, 7) is 2.72. The van der Waals surface area contributed by atoms with E-state index in [0.717, 1.165) is 24.8 Å². The van der Waals surface area contributed by atoms with Crippen LogP contribution in [0.25, 0.3) is 0 Å². The number of aryl methyl sites for hydroxylation is 1. The molecule has 0 saturated heterocycles. The Kier molecular flexibility index (Phi) is 5.78. The Bertz CT molecular complexity index is 499. The normalized spacial score (nSPS) is 16.9. The topological polar surface area (TPSA) is 55.4 Å². The average molecular weight is 289 g/mol. The van der Waals surface area contributed by atoms with E-state index >= 15 is 0 Å². The van der Waals surface area contributed by atoms with Crippen LogP contribution in [0.4, 0.5) is 0 Å². The van der Waals surface area contributed by atoms with E-state index in [2.05, 4.69) is 17.4 Å². The molecule has 2 rings (SSSR count). The lowest BCUT2D eigenvalue weighted by Crippen LogP contribution is -2.32. The van der Waals surface area contributed by atoms with Gasteiger partial charge >= 0.3 is 5.97 Å². The number of ether oxygens (including phenoxy) is 1. The first-order chi connectivity index (χ1) is 10.2. The van der Waals surface area contributed by atoms with Gasteiger partial charge in [0.15, 0.2) is 0 Å². The number of benzene rings is 1. The lowest BCUT2D eigenvalue weighted by Gasteiger charge is -2.24. The van der Waals surface area contributed by atoms with Gasteiger partial charge in [0, 0.05) is 13.0 Å². The van der Waals surface area contributed by atoms with Gasteiger partial charge in [-0.1, -0.05) is 24.3 Å². The third-order valence-electron chi connectivity index (χ3n) is 3.85. The number of hydrogen-bond donors (Lipinski definition) is 1. The first-order valence-corrected chi connectivity index (χ1v) is 7.73. The molecule has 0 spiro atoms. The maximum atomic E-state index is 12.3. The summed E-state index contributed by atoms with van der Waals surface area (Å²) in [6.07, 6.45) is 4.00. The van der Waals surface area contributed by atoms with Gasteiger partial charge in [-0.15, -0.1) is 0 Å². The Hall–Kier alpha value is -1.84. The van der Waals surface area contributed by atoms with Crippen LogP contribution < -0.4 is 5.32 Å². The van der Waals surface area contributed by atoms with Crippen LogP contribution in [0.5, 0.6) is 0 Å². The molecule has 4 nitrogen and oxygen atoms in total. The first-order valence-electron chi connectivity index (χ1n) is 7.73. The van der Waals surface area contributed by atoms with Crippen LogP contribution in [0.2, 0.25) is 0 Å². The van der Waals surface area contributed by atoms with E-state index in [1.807, 2.05) is 12.1 Å². The minimum atomic E-state index is -0.199. The second-order valence-corrected chi connectivity index (χ2v) is 5.34. The number of rotatable bonds is 6. The molecule has 0 radical (unpaired) electrons. The summed E-state index contributed by atoms with van der Waals surface area (Å²) >= 11 is 0. The van der Waals surface area contributed by atoms with E-state index < -0.39 is 0 Å². The molecule has 0 bridgehead atoms. The summed E-state index contributed by atoms with van der Waals surface area (Å²) in [7, 11) is 0. The van der Waals surface area contributed by atoms with Crippen molar-refractivity contribution in [2.45, 2.75) is 44.9 Å². The van der Waals surface area contributed by atoms with Gasteiger partial charge in [-0.3, -0.25) is 9.59 Å². The van der Waals surface area contributed by atoms with E-state index in [9.17, 15) is 9.59 Å². The minimum Gasteiger partial charge on any atom is -0.466 e. The highest BCUT2D eigenvalue weighted by atomic mass is 16.5. The summed E-state index contributed by atoms with van der Waals surface area (Å²) < 4.78 is 4.86. The number of nitrogens with one attached hydrogen (secondary N) is 1. The summed E-state index contributed by atoms with van der Waals surface area (Å²) in [5.74, 6) is -0.168. The molecule has 1 aliphatic rings. The molecule has 21 heavy (non-hydrogen) atoms. The van der Waals surface area contributed by atoms with Gasteiger partial charge in [-0.25, -0.2) is 0 Å². The predicted octanol–water partition coefficient (Wildman–Crippen LogP) is 2.57. The van der Waals surface area contributed by atoms with Gasteiger partial charge in [-0.2, -0.15) is 0 Å². The molecular weight excluding hydrogens is 266 g/mol. The van der Waals surface area contributed by atoms with Gasteiger partial charge in [0.25, 0.3) is 0 Å². The van der Waals surface area contributed by atoms with Crippen molar-refractivity contribution in [2.75, 3.05) is 13.2 Å². The van der Waals surface area contributed by atoms with Crippen molar-refractivity contribution in [1.29, 1.82) is 0 Å². The Morgan fingerprint density at radius 3 is 2.95 bits per heavy atom. The summed E-state index contributed by atoms with van der Waals surface area (Å²) in [6, 6.07) is 8.18. The molecule has 4 heteroatoms. The van der Waals surface area contributed by atoms with Crippen LogP contribution >= 0.6 is 0 Å². The molecule has 0 fully saturated rings. The fraction of sp³-hybridized carbons (Fsp3) is 0.529. The Labute approximate surface area is 125 Å². The van der Waals surface area contributed by atoms with E-state index in [1.165, 1.54) is 5.56 Å². The van der Waals surface area contributed by atoms with Crippen molar-refractivity contribution in [3.63, 3.8) is 0 Å². The molecule has 0 heterocycles. The highest BCUT2D eigenvalue weighted by Gasteiger charge is 2.25. The monoisotopic (exact) mass is 289 g/mol. The molecule has 1 N–H and O–H groups in total. The summed E-state index contributed by atoms with van der Waals surface area (Å²) in [5, 5.41) is 2.94. The molecule has 1 aromatic carbocycles. The average Bonchev–Trinajstić information content (AvgIpc) is 2.51. The van der Waals surface area contributed by atoms with Crippen LogP contribution in [0.15, 0.2) is 24.3 Å². The molecule has 1 amide bonds. The number of hydrogen-bond acceptors (Lipinski definition) is 3. The van der Waals surface area contributed by atoms with Gasteiger partial charge in [0.2, 0.25) is 5.91 Å². The second kappa shape index (κ2) is 7.81. The zero-order chi connectivity index (χ0) is 15.1. The lowest BCUT2D eigenvalue weighted by atomic mass is 9.82. The Balaban J connectivity index is 1.81. The van der Waals surface area contributed by atoms with Crippen molar-refractivity contribution < 1.29 is 14.3 Å². The van der Waals surface area contributed by atoms with Crippen LogP contribution in [0, 0.1) is 0 Å². The molecular formula is C17H23NO3. The number of amides is 1. The van der Waals surface area contributed by atoms with Crippen LogP contribution in [0.1, 0.15) is 49.7 Å². The maximum Gasteiger partial charge on any atom is 0.305 e. The van der Waals surface area contributed by atoms with E-state index in [4.69, 9.17) is 4.74 Å². The second-order valence-electron chi connectivity index (χ2n) is 5.34. The zero-order valence-corrected chi connectivity index (χ0v) is 12.6. The largest absolute Gasteiger partial charge is 0.466 e. The van der Waals surface area contributed by atoms with Crippen molar-refractivity contribution in [3.05, 3.63) is 35.4 Å². The standard InChI is InChI=1S/C17H23NO3/c1-2-21-16(19)11-6-12-18-17(20)15-10-5-8-13-7-3-4-9-14(13)15/h3-4,7,9,15H,2,5-6,8,10-12H2,1H3,(H,18,20). The molecule has 0 saturated carbocycles. The Morgan fingerprint density at radius 1 is 1.33 bits per heavy atom. The maximum absolute atomic E-state index is 12.3. The molecule has 1 atom stereocenters. The van der Waals surface area contributed by atoms with Gasteiger partial charge in [0.05, 0.1) is 12.5 Å². The Morgan fingerprint density at radius 2 is 2.14 bits per heavy atom. The predicted molar refractivity (Wildman–Crippen MR) is 81.0 cm³/mol. The quantitative estimate of drug-likeness (QED) is 0.647. The summed E-state index contributed by atoms with van der Waals surface area (Å²) in [5.41, 5.74) is 2.45. The van der Waals surface area contributed by atoms with Crippen LogP contribution in [-0.4, -0.2) is 25.0 Å². The van der Waals surface area contributed by atoms with Crippen LogP contribution in [-0.2, 0) is 20.7 Å². The lowest BCUT2D eigenvalue weighted by molar-refractivity contribution is -0.143. The molecule has 1 unspecified atom stereocenters. The molecule has 0 aromatic heterocycles. The highest BCUT2D eigenvalue weighted by molar-refractivity contribution is 5.84. The molecule has 0 aliphatic heterocycles. The van der Waals surface area contributed by atoms with Gasteiger partial charge < -0.3 is 10.1 Å². The fourth-order valence-corrected chi connectivity index (χ4v) is 2.83. The zero-order valence-electron chi connectivity index (χ0n) is 12.6. The van der Waals surface area contributed by atoms with Gasteiger partial charge in [0.1, 0.15) is 0 Å². The van der Waals surface area contributed by atoms with Crippen molar-refractivity contribution >= 4 is 11.9 Å².